The van der Waals surface area contributed by atoms with Gasteiger partial charge in [-0.2, -0.15) is 15.0 Å². The Morgan fingerprint density at radius 3 is 1.74 bits per heavy atom. The molecule has 0 radical (unpaired) electrons. The number of nitrogens with one attached hydrogen (secondary N) is 2. The van der Waals surface area contributed by atoms with Crippen LogP contribution in [-0.2, 0) is 0 Å². The second kappa shape index (κ2) is 8.05. The topological polar surface area (TPSA) is 97.7 Å². The van der Waals surface area contributed by atoms with Crippen molar-refractivity contribution < 1.29 is 4.74 Å². The number of rotatable bonds is 6. The van der Waals surface area contributed by atoms with Crippen molar-refractivity contribution >= 4 is 66.4 Å². The average Bonchev–Trinajstić information content (AvgIpc) is 3.27. The fraction of sp³-hybridized carbons (Fsp3) is 0.190. The lowest BCUT2D eigenvalue weighted by molar-refractivity contribution is 0.312. The van der Waals surface area contributed by atoms with Crippen molar-refractivity contribution in [2.45, 2.75) is 20.8 Å². The maximum Gasteiger partial charge on any atom is 0.323 e. The number of benzene rings is 2. The van der Waals surface area contributed by atoms with Gasteiger partial charge in [-0.1, -0.05) is 0 Å². The molecule has 2 aromatic carbocycles. The van der Waals surface area contributed by atoms with Gasteiger partial charge in [0.15, 0.2) is 0 Å². The molecule has 156 valence electrons. The van der Waals surface area contributed by atoms with Gasteiger partial charge in [0, 0.05) is 11.4 Å². The highest BCUT2D eigenvalue weighted by atomic mass is 32.1. The zero-order valence-corrected chi connectivity index (χ0v) is 18.8. The number of aromatic nitrogens is 5. The van der Waals surface area contributed by atoms with Crippen LogP contribution < -0.4 is 15.4 Å². The van der Waals surface area contributed by atoms with Crippen LogP contribution in [-0.4, -0.2) is 31.5 Å². The second-order valence-corrected chi connectivity index (χ2v) is 9.25. The Kier molecular flexibility index (Phi) is 5.08. The number of fused-ring (bicyclic) bond motifs is 2. The van der Waals surface area contributed by atoms with Gasteiger partial charge in [-0.3, -0.25) is 0 Å². The third kappa shape index (κ3) is 4.25. The van der Waals surface area contributed by atoms with Crippen LogP contribution in [0.15, 0.2) is 36.4 Å². The summed E-state index contributed by atoms with van der Waals surface area (Å²) in [5, 5.41) is 8.57. The molecule has 2 N–H and O–H groups in total. The number of aryl methyl sites for hydroxylation is 2. The quantitative estimate of drug-likeness (QED) is 0.346. The molecule has 0 bridgehead atoms. The molecule has 5 rings (SSSR count). The zero-order chi connectivity index (χ0) is 21.4. The zero-order valence-electron chi connectivity index (χ0n) is 17.1. The Balaban J connectivity index is 1.45. The molecule has 3 aromatic heterocycles. The van der Waals surface area contributed by atoms with E-state index in [1.165, 1.54) is 0 Å². The molecule has 0 saturated heterocycles. The standard InChI is InChI=1S/C21H19N7OS2/c1-4-29-21-27-19(24-13-5-7-15-17(9-13)30-11(2)22-15)26-20(28-21)25-14-6-8-16-18(10-14)31-12(3)23-16/h5-10H,4H2,1-3H3,(H2,24,25,26,27,28). The van der Waals surface area contributed by atoms with Crippen LogP contribution >= 0.6 is 22.7 Å². The molecular weight excluding hydrogens is 430 g/mol. The van der Waals surface area contributed by atoms with Crippen molar-refractivity contribution in [2.24, 2.45) is 0 Å². The molecule has 0 aliphatic carbocycles. The molecule has 0 atom stereocenters. The van der Waals surface area contributed by atoms with Gasteiger partial charge in [0.25, 0.3) is 0 Å². The normalized spacial score (nSPS) is 11.2. The van der Waals surface area contributed by atoms with Crippen molar-refractivity contribution in [1.29, 1.82) is 0 Å². The van der Waals surface area contributed by atoms with E-state index in [9.17, 15) is 0 Å². The Bertz CT molecular complexity index is 1300. The third-order valence-corrected chi connectivity index (χ3v) is 6.26. The van der Waals surface area contributed by atoms with Crippen molar-refractivity contribution in [3.05, 3.63) is 46.4 Å². The largest absolute Gasteiger partial charge is 0.464 e. The molecule has 8 nitrogen and oxygen atoms in total. The van der Waals surface area contributed by atoms with Crippen LogP contribution in [0.3, 0.4) is 0 Å². The summed E-state index contributed by atoms with van der Waals surface area (Å²) in [6.45, 7) is 6.35. The highest BCUT2D eigenvalue weighted by Gasteiger charge is 2.10. The summed E-state index contributed by atoms with van der Waals surface area (Å²) >= 11 is 3.30. The van der Waals surface area contributed by atoms with Crippen LogP contribution in [0, 0.1) is 13.8 Å². The van der Waals surface area contributed by atoms with Gasteiger partial charge in [0.05, 0.1) is 37.1 Å². The molecule has 5 aromatic rings. The minimum absolute atomic E-state index is 0.256. The molecule has 0 spiro atoms. The molecule has 0 aliphatic heterocycles. The summed E-state index contributed by atoms with van der Waals surface area (Å²) in [5.74, 6) is 0.799. The number of nitrogens with zero attached hydrogens (tertiary/aromatic N) is 5. The Morgan fingerprint density at radius 1 is 0.742 bits per heavy atom. The fourth-order valence-electron chi connectivity index (χ4n) is 3.16. The molecule has 0 fully saturated rings. The van der Waals surface area contributed by atoms with E-state index in [-0.39, 0.29) is 6.01 Å². The van der Waals surface area contributed by atoms with Crippen molar-refractivity contribution in [1.82, 2.24) is 24.9 Å². The minimum Gasteiger partial charge on any atom is -0.464 e. The highest BCUT2D eigenvalue weighted by molar-refractivity contribution is 7.18. The predicted octanol–water partition coefficient (Wildman–Crippen LogP) is 5.59. The Labute approximate surface area is 186 Å². The maximum atomic E-state index is 5.55. The first-order valence-corrected chi connectivity index (χ1v) is 11.4. The van der Waals surface area contributed by atoms with Gasteiger partial charge in [-0.15, -0.1) is 22.7 Å². The van der Waals surface area contributed by atoms with Crippen LogP contribution in [0.4, 0.5) is 23.3 Å². The Hall–Kier alpha value is -3.37. The number of anilines is 4. The highest BCUT2D eigenvalue weighted by Crippen LogP contribution is 2.28. The predicted molar refractivity (Wildman–Crippen MR) is 126 cm³/mol. The molecular formula is C21H19N7OS2. The first-order chi connectivity index (χ1) is 15.1. The van der Waals surface area contributed by atoms with Crippen molar-refractivity contribution in [3.63, 3.8) is 0 Å². The van der Waals surface area contributed by atoms with Gasteiger partial charge < -0.3 is 15.4 Å². The summed E-state index contributed by atoms with van der Waals surface area (Å²) in [7, 11) is 0. The summed E-state index contributed by atoms with van der Waals surface area (Å²) in [5.41, 5.74) is 3.71. The van der Waals surface area contributed by atoms with E-state index in [0.717, 1.165) is 41.8 Å². The summed E-state index contributed by atoms with van der Waals surface area (Å²) < 4.78 is 7.76. The average molecular weight is 450 g/mol. The molecule has 3 heterocycles. The first kappa shape index (κ1) is 19.6. The van der Waals surface area contributed by atoms with Crippen LogP contribution in [0.25, 0.3) is 20.4 Å². The van der Waals surface area contributed by atoms with Gasteiger partial charge in [-0.05, 0) is 57.2 Å². The number of hydrogen-bond acceptors (Lipinski definition) is 10. The lowest BCUT2D eigenvalue weighted by atomic mass is 10.3. The van der Waals surface area contributed by atoms with Gasteiger partial charge >= 0.3 is 6.01 Å². The molecule has 31 heavy (non-hydrogen) atoms. The van der Waals surface area contributed by atoms with Crippen LogP contribution in [0.2, 0.25) is 0 Å². The lowest BCUT2D eigenvalue weighted by Gasteiger charge is -2.10. The van der Waals surface area contributed by atoms with Crippen molar-refractivity contribution in [3.8, 4) is 6.01 Å². The van der Waals surface area contributed by atoms with Gasteiger partial charge in [0.2, 0.25) is 11.9 Å². The molecule has 0 aliphatic rings. The number of thiazole rings is 2. The van der Waals surface area contributed by atoms with E-state index < -0.39 is 0 Å². The first-order valence-electron chi connectivity index (χ1n) is 9.73. The van der Waals surface area contributed by atoms with E-state index >= 15 is 0 Å². The summed E-state index contributed by atoms with van der Waals surface area (Å²) in [6, 6.07) is 12.2. The van der Waals surface area contributed by atoms with E-state index in [0.29, 0.717) is 18.5 Å². The van der Waals surface area contributed by atoms with Gasteiger partial charge in [0.1, 0.15) is 0 Å². The Morgan fingerprint density at radius 2 is 1.26 bits per heavy atom. The lowest BCUT2D eigenvalue weighted by Crippen LogP contribution is -2.07. The number of hydrogen-bond donors (Lipinski definition) is 2. The summed E-state index contributed by atoms with van der Waals surface area (Å²) in [4.78, 5) is 22.3. The molecule has 0 amide bonds. The van der Waals surface area contributed by atoms with Gasteiger partial charge in [-0.25, -0.2) is 9.97 Å². The van der Waals surface area contributed by atoms with Crippen molar-refractivity contribution in [2.75, 3.05) is 17.2 Å². The third-order valence-electron chi connectivity index (χ3n) is 4.39. The molecule has 0 unspecified atom stereocenters. The molecule has 0 saturated carbocycles. The number of ether oxygens (including phenoxy) is 1. The fourth-order valence-corrected chi connectivity index (χ4v) is 4.89. The van der Waals surface area contributed by atoms with E-state index in [2.05, 4.69) is 35.6 Å². The summed E-state index contributed by atoms with van der Waals surface area (Å²) in [6.07, 6.45) is 0. The second-order valence-electron chi connectivity index (χ2n) is 6.78. The minimum atomic E-state index is 0.256. The smallest absolute Gasteiger partial charge is 0.323 e. The SMILES string of the molecule is CCOc1nc(Nc2ccc3nc(C)sc3c2)nc(Nc2ccc3nc(C)sc3c2)n1. The molecule has 10 heteroatoms. The van der Waals surface area contributed by atoms with E-state index in [1.807, 2.05) is 57.2 Å². The van der Waals surface area contributed by atoms with Crippen LogP contribution in [0.1, 0.15) is 16.9 Å². The monoisotopic (exact) mass is 449 g/mol. The maximum absolute atomic E-state index is 5.55. The van der Waals surface area contributed by atoms with E-state index in [1.54, 1.807) is 22.7 Å². The van der Waals surface area contributed by atoms with E-state index in [4.69, 9.17) is 4.74 Å². The van der Waals surface area contributed by atoms with Crippen LogP contribution in [0.5, 0.6) is 6.01 Å².